The highest BCUT2D eigenvalue weighted by Gasteiger charge is 2.43. The first-order valence-electron chi connectivity index (χ1n) is 25.5. The zero-order chi connectivity index (χ0) is 54.6. The highest BCUT2D eigenvalue weighted by Crippen LogP contribution is 2.45. The lowest BCUT2D eigenvalue weighted by Gasteiger charge is -2.40. The Hall–Kier alpha value is -8.57. The summed E-state index contributed by atoms with van der Waals surface area (Å²) in [6, 6.07) is 50.4. The van der Waals surface area contributed by atoms with Gasteiger partial charge in [-0.25, -0.2) is 19.6 Å². The molecule has 0 unspecified atom stereocenters. The second-order valence-corrected chi connectivity index (χ2v) is 20.5. The van der Waals surface area contributed by atoms with Crippen LogP contribution in [0.3, 0.4) is 0 Å². The number of carbonyl (C=O) groups is 5. The monoisotopic (exact) mass is 1080 g/mol. The van der Waals surface area contributed by atoms with Gasteiger partial charge in [-0.3, -0.25) is 14.4 Å². The topological polar surface area (TPSA) is 187 Å². The molecule has 0 saturated heterocycles. The number of hydrogen-bond donors (Lipinski definition) is 4. The number of thiazole rings is 2. The number of esters is 1. The second kappa shape index (κ2) is 25.1. The summed E-state index contributed by atoms with van der Waals surface area (Å²) in [5.41, 5.74) is 6.24. The fourth-order valence-electron chi connectivity index (χ4n) is 9.64. The quantitative estimate of drug-likeness (QED) is 0.0289. The van der Waals surface area contributed by atoms with Crippen molar-refractivity contribution >= 4 is 52.5 Å². The van der Waals surface area contributed by atoms with Gasteiger partial charge in [-0.15, -0.1) is 22.7 Å². The van der Waals surface area contributed by atoms with Gasteiger partial charge >= 0.3 is 12.1 Å². The lowest BCUT2D eigenvalue weighted by molar-refractivity contribution is -0.137. The van der Waals surface area contributed by atoms with Crippen LogP contribution in [0.1, 0.15) is 103 Å². The van der Waals surface area contributed by atoms with Crippen molar-refractivity contribution in [2.45, 2.75) is 69.0 Å². The highest BCUT2D eigenvalue weighted by atomic mass is 32.1. The molecule has 4 amide bonds. The molecular formula is C62H58N6O8S2. The molecule has 6 aromatic carbocycles. The lowest BCUT2D eigenvalue weighted by atomic mass is 9.79. The minimum atomic E-state index is -1.39. The summed E-state index contributed by atoms with van der Waals surface area (Å²) < 4.78 is 18.4. The van der Waals surface area contributed by atoms with Gasteiger partial charge in [0.15, 0.2) is 5.69 Å². The summed E-state index contributed by atoms with van der Waals surface area (Å²) in [6.45, 7) is 8.82. The molecule has 2 aromatic heterocycles. The number of carbonyl (C=O) groups excluding carboxylic acids is 5. The first-order chi connectivity index (χ1) is 37.9. The Labute approximate surface area is 461 Å². The smallest absolute Gasteiger partial charge is 0.407 e. The van der Waals surface area contributed by atoms with Gasteiger partial charge in [-0.05, 0) is 65.3 Å². The van der Waals surface area contributed by atoms with Crippen molar-refractivity contribution in [3.63, 3.8) is 0 Å². The standard InChI is InChI=1S/C62H58N6O8S2/c1-5-34-74-60(72)53-38-78-59(66-53)39(2)63-56(70)52-37-77-58(65-52)40(3)64-57(71)54(41(4)76-62(43-24-12-7-13-25-43,44-26-14-8-15-27-44)45-28-16-9-17-29-45)68-55(69)51(35-42-22-10-6-11-23-42)67-61(73)75-36-50-48-32-20-18-30-46(48)47-31-19-21-33-49(47)50/h5-33,37-41,50-51,54H,1,34-36H2,2-4H3,(H,63,70)(H,64,71)(H,67,73)(H,68,69)/t39-,40-,41-,51-,54-/m0/s1. The van der Waals surface area contributed by atoms with E-state index in [0.717, 1.165) is 44.5 Å². The van der Waals surface area contributed by atoms with Crippen molar-refractivity contribution in [3.05, 3.63) is 248 Å². The van der Waals surface area contributed by atoms with Crippen LogP contribution in [0.25, 0.3) is 11.1 Å². The van der Waals surface area contributed by atoms with Crippen LogP contribution in [-0.2, 0) is 35.8 Å². The average molecular weight is 1080 g/mol. The Bertz CT molecular complexity index is 3230. The molecule has 0 bridgehead atoms. The molecule has 0 aliphatic heterocycles. The van der Waals surface area contributed by atoms with Gasteiger partial charge in [0, 0.05) is 23.1 Å². The summed E-state index contributed by atoms with van der Waals surface area (Å²) >= 11 is 2.38. The van der Waals surface area contributed by atoms with Crippen molar-refractivity contribution in [1.82, 2.24) is 31.2 Å². The van der Waals surface area contributed by atoms with Crippen LogP contribution < -0.4 is 21.3 Å². The van der Waals surface area contributed by atoms with Crippen molar-refractivity contribution in [3.8, 4) is 11.1 Å². The molecule has 0 saturated carbocycles. The molecule has 0 fully saturated rings. The fourth-order valence-corrected chi connectivity index (χ4v) is 11.2. The minimum absolute atomic E-state index is 0.0222. The molecule has 0 spiro atoms. The van der Waals surface area contributed by atoms with Gasteiger partial charge in [0.2, 0.25) is 11.8 Å². The summed E-state index contributed by atoms with van der Waals surface area (Å²) in [5.74, 6) is -2.59. The number of alkyl carbamates (subject to hydrolysis) is 1. The maximum Gasteiger partial charge on any atom is 0.407 e. The van der Waals surface area contributed by atoms with Crippen molar-refractivity contribution in [1.29, 1.82) is 0 Å². The molecule has 9 rings (SSSR count). The Balaban J connectivity index is 0.991. The first-order valence-corrected chi connectivity index (χ1v) is 27.3. The van der Waals surface area contributed by atoms with E-state index >= 15 is 9.59 Å². The maximum atomic E-state index is 15.1. The number of amides is 4. The largest absolute Gasteiger partial charge is 0.457 e. The van der Waals surface area contributed by atoms with E-state index in [1.54, 1.807) is 31.5 Å². The molecule has 5 atom stereocenters. The lowest BCUT2D eigenvalue weighted by Crippen LogP contribution is -2.59. The van der Waals surface area contributed by atoms with E-state index in [4.69, 9.17) is 14.2 Å². The Morgan fingerprint density at radius 1 is 0.590 bits per heavy atom. The number of nitrogens with one attached hydrogen (secondary N) is 4. The Kier molecular flexibility index (Phi) is 17.4. The highest BCUT2D eigenvalue weighted by molar-refractivity contribution is 7.10. The SMILES string of the molecule is C=CCOC(=O)c1csc([C@H](C)NC(=O)c2csc([C@H](C)NC(=O)[C@@H](NC(=O)[C@H](Cc3ccccc3)NC(=O)OCC3c4ccccc4-c4ccccc43)[C@H](C)OC(c3ccccc3)(c3ccccc3)c3ccccc3)n2)n1. The number of fused-ring (bicyclic) bond motifs is 3. The number of aromatic nitrogens is 2. The molecule has 8 aromatic rings. The second-order valence-electron chi connectivity index (χ2n) is 18.8. The molecule has 78 heavy (non-hydrogen) atoms. The predicted molar refractivity (Wildman–Crippen MR) is 301 cm³/mol. The minimum Gasteiger partial charge on any atom is -0.457 e. The zero-order valence-corrected chi connectivity index (χ0v) is 44.8. The van der Waals surface area contributed by atoms with Crippen LogP contribution in [0, 0.1) is 0 Å². The number of nitrogens with zero attached hydrogens (tertiary/aromatic N) is 2. The summed E-state index contributed by atoms with van der Waals surface area (Å²) in [5, 5.41) is 15.8. The van der Waals surface area contributed by atoms with Gasteiger partial charge in [-0.2, -0.15) is 0 Å². The number of ether oxygens (including phenoxy) is 3. The third kappa shape index (κ3) is 12.3. The molecule has 14 nitrogen and oxygen atoms in total. The third-order valence-corrected chi connectivity index (χ3v) is 15.5. The van der Waals surface area contributed by atoms with E-state index < -0.39 is 65.7 Å². The Morgan fingerprint density at radius 3 is 1.63 bits per heavy atom. The van der Waals surface area contributed by atoms with Crippen molar-refractivity contribution in [2.24, 2.45) is 0 Å². The number of hydrogen-bond acceptors (Lipinski definition) is 12. The fraction of sp³-hybridized carbons (Fsp3) is 0.210. The van der Waals surface area contributed by atoms with E-state index in [0.29, 0.717) is 10.0 Å². The van der Waals surface area contributed by atoms with Crippen LogP contribution in [-0.4, -0.2) is 71.2 Å². The van der Waals surface area contributed by atoms with Crippen molar-refractivity contribution < 1.29 is 38.2 Å². The molecule has 396 valence electrons. The summed E-state index contributed by atoms with van der Waals surface area (Å²) in [4.78, 5) is 79.1. The summed E-state index contributed by atoms with van der Waals surface area (Å²) in [7, 11) is 0. The van der Waals surface area contributed by atoms with Crippen LogP contribution >= 0.6 is 22.7 Å². The molecule has 2 heterocycles. The average Bonchev–Trinajstić information content (AvgIpc) is 4.40. The van der Waals surface area contributed by atoms with E-state index in [2.05, 4.69) is 49.9 Å². The van der Waals surface area contributed by atoms with Crippen LogP contribution in [0.2, 0.25) is 0 Å². The molecule has 1 aliphatic rings. The van der Waals surface area contributed by atoms with Gasteiger partial charge < -0.3 is 35.5 Å². The van der Waals surface area contributed by atoms with Crippen LogP contribution in [0.15, 0.2) is 193 Å². The van der Waals surface area contributed by atoms with Gasteiger partial charge in [-0.1, -0.05) is 183 Å². The molecule has 4 N–H and O–H groups in total. The van der Waals surface area contributed by atoms with Crippen LogP contribution in [0.5, 0.6) is 0 Å². The number of rotatable bonds is 22. The van der Waals surface area contributed by atoms with E-state index in [1.807, 2.05) is 158 Å². The Morgan fingerprint density at radius 2 is 1.08 bits per heavy atom. The summed E-state index contributed by atoms with van der Waals surface area (Å²) in [6.07, 6.45) is -0.347. The van der Waals surface area contributed by atoms with Crippen LogP contribution in [0.4, 0.5) is 4.79 Å². The molecule has 1 aliphatic carbocycles. The normalized spacial score (nSPS) is 13.8. The van der Waals surface area contributed by atoms with Gasteiger partial charge in [0.25, 0.3) is 5.91 Å². The molecular weight excluding hydrogens is 1020 g/mol. The van der Waals surface area contributed by atoms with Crippen molar-refractivity contribution in [2.75, 3.05) is 13.2 Å². The third-order valence-electron chi connectivity index (χ3n) is 13.5. The molecule has 16 heteroatoms. The number of benzene rings is 6. The zero-order valence-electron chi connectivity index (χ0n) is 43.2. The van der Waals surface area contributed by atoms with Gasteiger partial charge in [0.1, 0.15) is 46.6 Å². The van der Waals surface area contributed by atoms with Gasteiger partial charge in [0.05, 0.1) is 18.2 Å². The first kappa shape index (κ1) is 54.2. The maximum absolute atomic E-state index is 15.1. The molecule has 0 radical (unpaired) electrons. The van der Waals surface area contributed by atoms with E-state index in [1.165, 1.54) is 28.7 Å². The van der Waals surface area contributed by atoms with E-state index in [-0.39, 0.29) is 36.9 Å². The van der Waals surface area contributed by atoms with E-state index in [9.17, 15) is 14.4 Å². The predicted octanol–water partition coefficient (Wildman–Crippen LogP) is 10.6.